The van der Waals surface area contributed by atoms with Crippen LogP contribution >= 0.6 is 0 Å². The van der Waals surface area contributed by atoms with Crippen LogP contribution in [-0.4, -0.2) is 30.9 Å². The van der Waals surface area contributed by atoms with E-state index in [4.69, 9.17) is 5.11 Å². The molecule has 0 heterocycles. The van der Waals surface area contributed by atoms with Crippen molar-refractivity contribution in [2.24, 2.45) is 0 Å². The molecule has 1 aliphatic rings. The lowest BCUT2D eigenvalue weighted by Gasteiger charge is -2.28. The van der Waals surface area contributed by atoms with Crippen LogP contribution in [0.2, 0.25) is 0 Å². The molecule has 1 saturated carbocycles. The van der Waals surface area contributed by atoms with Crippen LogP contribution in [-0.2, 0) is 16.0 Å². The van der Waals surface area contributed by atoms with Gasteiger partial charge in [-0.2, -0.15) is 13.2 Å². The maximum Gasteiger partial charge on any atom is 0.416 e. The van der Waals surface area contributed by atoms with E-state index in [0.29, 0.717) is 18.9 Å². The van der Waals surface area contributed by atoms with Crippen LogP contribution in [0.4, 0.5) is 18.0 Å². The van der Waals surface area contributed by atoms with E-state index in [0.717, 1.165) is 18.2 Å². The van der Waals surface area contributed by atoms with Gasteiger partial charge in [0.1, 0.15) is 0 Å². The molecule has 0 aliphatic heterocycles. The van der Waals surface area contributed by atoms with Gasteiger partial charge in [0.25, 0.3) is 0 Å². The van der Waals surface area contributed by atoms with E-state index >= 15 is 0 Å². The summed E-state index contributed by atoms with van der Waals surface area (Å²) >= 11 is 0. The molecule has 0 atom stereocenters. The molecule has 1 amide bonds. The van der Waals surface area contributed by atoms with Gasteiger partial charge < -0.3 is 10.4 Å². The third kappa shape index (κ3) is 4.15. The molecule has 1 fully saturated rings. The molecular formula is C14H16F3NO4S. The number of alkyl halides is 3. The minimum Gasteiger partial charge on any atom is -0.465 e. The summed E-state index contributed by atoms with van der Waals surface area (Å²) in [7, 11) is -3.87. The molecule has 2 N–H and O–H groups in total. The fraction of sp³-hybridized carbons (Fsp3) is 0.500. The van der Waals surface area contributed by atoms with Crippen LogP contribution in [0.1, 0.15) is 31.2 Å². The van der Waals surface area contributed by atoms with Crippen molar-refractivity contribution in [3.63, 3.8) is 0 Å². The second-order valence-corrected chi connectivity index (χ2v) is 7.72. The highest BCUT2D eigenvalue weighted by atomic mass is 32.2. The molecule has 0 spiro atoms. The van der Waals surface area contributed by atoms with Gasteiger partial charge in [0.15, 0.2) is 9.84 Å². The Bertz CT molecular complexity index is 680. The van der Waals surface area contributed by atoms with Crippen molar-refractivity contribution in [1.29, 1.82) is 0 Å². The predicted octanol–water partition coefficient (Wildman–Crippen LogP) is 3.06. The number of carbonyl (C=O) groups is 1. The number of nitrogens with one attached hydrogen (secondary N) is 1. The number of rotatable bonds is 3. The average molecular weight is 351 g/mol. The summed E-state index contributed by atoms with van der Waals surface area (Å²) in [6.07, 6.45) is -4.67. The molecule has 5 nitrogen and oxygen atoms in total. The summed E-state index contributed by atoms with van der Waals surface area (Å²) in [5, 5.41) is 10.1. The number of benzene rings is 1. The molecule has 0 saturated heterocycles. The normalized spacial score (nSPS) is 22.6. The summed E-state index contributed by atoms with van der Waals surface area (Å²) in [4.78, 5) is 10.2. The molecule has 0 bridgehead atoms. The standard InChI is InChI=1S/C14H16F3NO4S/c15-14(16,17)9-2-1-3-12(8-9)23(21,22)11-6-4-10(5-7-11)18-13(19)20/h1-3,8,10-11,18H,4-7H2,(H,19,20)/t10-,11+. The highest BCUT2D eigenvalue weighted by Crippen LogP contribution is 2.33. The lowest BCUT2D eigenvalue weighted by molar-refractivity contribution is -0.137. The first-order valence-corrected chi connectivity index (χ1v) is 8.56. The number of sulfone groups is 1. The molecule has 0 unspecified atom stereocenters. The number of hydrogen-bond donors (Lipinski definition) is 2. The van der Waals surface area contributed by atoms with Gasteiger partial charge >= 0.3 is 12.3 Å². The van der Waals surface area contributed by atoms with Gasteiger partial charge in [0.2, 0.25) is 0 Å². The third-order valence-corrected chi connectivity index (χ3v) is 6.19. The van der Waals surface area contributed by atoms with Gasteiger partial charge in [-0.1, -0.05) is 6.07 Å². The highest BCUT2D eigenvalue weighted by Gasteiger charge is 2.35. The Labute approximate surface area is 131 Å². The quantitative estimate of drug-likeness (QED) is 0.877. The zero-order valence-electron chi connectivity index (χ0n) is 12.0. The number of carboxylic acid groups (broad SMARTS) is 1. The fourth-order valence-electron chi connectivity index (χ4n) is 2.73. The summed E-state index contributed by atoms with van der Waals surface area (Å²) < 4.78 is 63.1. The summed E-state index contributed by atoms with van der Waals surface area (Å²) in [5.41, 5.74) is -1.00. The van der Waals surface area contributed by atoms with Crippen LogP contribution in [0.25, 0.3) is 0 Å². The Morgan fingerprint density at radius 3 is 2.30 bits per heavy atom. The Hall–Kier alpha value is -1.77. The fourth-order valence-corrected chi connectivity index (χ4v) is 4.57. The van der Waals surface area contributed by atoms with E-state index in [1.54, 1.807) is 0 Å². The SMILES string of the molecule is O=C(O)N[C@H]1CC[C@@H](S(=O)(=O)c2cccc(C(F)(F)F)c2)CC1. The largest absolute Gasteiger partial charge is 0.465 e. The topological polar surface area (TPSA) is 83.5 Å². The molecule has 1 aliphatic carbocycles. The van der Waals surface area contributed by atoms with Gasteiger partial charge in [-0.05, 0) is 43.9 Å². The first kappa shape index (κ1) is 17.6. The average Bonchev–Trinajstić information content (AvgIpc) is 2.46. The maximum atomic E-state index is 12.7. The van der Waals surface area contributed by atoms with Gasteiger partial charge in [-0.15, -0.1) is 0 Å². The first-order chi connectivity index (χ1) is 10.6. The second-order valence-electron chi connectivity index (χ2n) is 5.49. The number of halogens is 3. The van der Waals surface area contributed by atoms with E-state index in [1.165, 1.54) is 0 Å². The Morgan fingerprint density at radius 1 is 1.17 bits per heavy atom. The Balaban J connectivity index is 2.16. The van der Waals surface area contributed by atoms with E-state index in [-0.39, 0.29) is 23.8 Å². The zero-order chi connectivity index (χ0) is 17.3. The Kier molecular flexibility index (Phi) is 4.88. The predicted molar refractivity (Wildman–Crippen MR) is 75.8 cm³/mol. The van der Waals surface area contributed by atoms with Gasteiger partial charge in [-0.25, -0.2) is 13.2 Å². The first-order valence-electron chi connectivity index (χ1n) is 7.01. The third-order valence-electron chi connectivity index (χ3n) is 3.93. The van der Waals surface area contributed by atoms with Crippen molar-refractivity contribution in [2.45, 2.75) is 48.0 Å². The lowest BCUT2D eigenvalue weighted by Crippen LogP contribution is -2.39. The van der Waals surface area contributed by atoms with E-state index in [9.17, 15) is 26.4 Å². The molecule has 0 aromatic heterocycles. The molecule has 2 rings (SSSR count). The number of hydrogen-bond acceptors (Lipinski definition) is 3. The highest BCUT2D eigenvalue weighted by molar-refractivity contribution is 7.92. The van der Waals surface area contributed by atoms with Crippen molar-refractivity contribution >= 4 is 15.9 Å². The minimum atomic E-state index is -4.60. The molecule has 1 aromatic carbocycles. The smallest absolute Gasteiger partial charge is 0.416 e. The van der Waals surface area contributed by atoms with E-state index < -0.39 is 32.9 Å². The van der Waals surface area contributed by atoms with E-state index in [2.05, 4.69) is 5.32 Å². The van der Waals surface area contributed by atoms with Crippen LogP contribution in [0.15, 0.2) is 29.2 Å². The van der Waals surface area contributed by atoms with Crippen molar-refractivity contribution in [2.75, 3.05) is 0 Å². The lowest BCUT2D eigenvalue weighted by atomic mass is 9.95. The molecule has 1 aromatic rings. The molecule has 23 heavy (non-hydrogen) atoms. The van der Waals surface area contributed by atoms with Gasteiger partial charge in [-0.3, -0.25) is 0 Å². The second kappa shape index (κ2) is 6.38. The van der Waals surface area contributed by atoms with Crippen molar-refractivity contribution in [1.82, 2.24) is 5.32 Å². The van der Waals surface area contributed by atoms with Crippen LogP contribution in [0.5, 0.6) is 0 Å². The molecular weight excluding hydrogens is 335 g/mol. The monoisotopic (exact) mass is 351 g/mol. The van der Waals surface area contributed by atoms with Crippen molar-refractivity contribution in [3.8, 4) is 0 Å². The van der Waals surface area contributed by atoms with Crippen LogP contribution < -0.4 is 5.32 Å². The van der Waals surface area contributed by atoms with Crippen LogP contribution in [0.3, 0.4) is 0 Å². The summed E-state index contributed by atoms with van der Waals surface area (Å²) in [5.74, 6) is 0. The van der Waals surface area contributed by atoms with Gasteiger partial charge in [0, 0.05) is 6.04 Å². The zero-order valence-corrected chi connectivity index (χ0v) is 12.8. The minimum absolute atomic E-state index is 0.212. The van der Waals surface area contributed by atoms with Crippen molar-refractivity contribution < 1.29 is 31.5 Å². The summed E-state index contributed by atoms with van der Waals surface area (Å²) in [6.45, 7) is 0. The molecule has 0 radical (unpaired) electrons. The molecule has 9 heteroatoms. The summed E-state index contributed by atoms with van der Waals surface area (Å²) in [6, 6.07) is 3.39. The van der Waals surface area contributed by atoms with Crippen LogP contribution in [0, 0.1) is 0 Å². The molecule has 128 valence electrons. The Morgan fingerprint density at radius 2 is 1.78 bits per heavy atom. The maximum absolute atomic E-state index is 12.7. The number of amides is 1. The van der Waals surface area contributed by atoms with E-state index in [1.807, 2.05) is 0 Å². The van der Waals surface area contributed by atoms with Crippen molar-refractivity contribution in [3.05, 3.63) is 29.8 Å². The van der Waals surface area contributed by atoms with Gasteiger partial charge in [0.05, 0.1) is 15.7 Å².